The van der Waals surface area contributed by atoms with Crippen molar-refractivity contribution >= 4 is 35.2 Å². The Balaban J connectivity index is 1.39. The van der Waals surface area contributed by atoms with Gasteiger partial charge in [0, 0.05) is 29.1 Å². The molecule has 5 rings (SSSR count). The number of aromatic nitrogens is 2. The molecule has 0 spiro atoms. The van der Waals surface area contributed by atoms with Gasteiger partial charge >= 0.3 is 6.18 Å². The van der Waals surface area contributed by atoms with Crippen LogP contribution in [0.2, 0.25) is 0 Å². The second-order valence-corrected chi connectivity index (χ2v) is 9.50. The van der Waals surface area contributed by atoms with E-state index in [4.69, 9.17) is 9.47 Å². The Labute approximate surface area is 221 Å². The number of carbonyl (C=O) groups is 1. The normalized spacial score (nSPS) is 15.4. The lowest BCUT2D eigenvalue weighted by atomic mass is 10.1. The molecule has 200 valence electrons. The minimum atomic E-state index is -4.72. The molecule has 2 aliphatic rings. The van der Waals surface area contributed by atoms with Gasteiger partial charge < -0.3 is 30.1 Å². The standard InChI is InChI=1S/C25H25F3N6O3S/c1-36-21-11-14(22(35)31-15-7-9-29-10-8-15)5-6-19(21)32-24-30-12-17(25(26,27)28)23(33-24)37-20-4-2-3-18-16(20)13-38-34-18/h2-6,11-12,15,29,34H,7-10,13H2,1H3,(H,31,35)(H,30,32,33). The first kappa shape index (κ1) is 25.9. The summed E-state index contributed by atoms with van der Waals surface area (Å²) in [6, 6.07) is 9.94. The zero-order valence-corrected chi connectivity index (χ0v) is 21.1. The largest absolute Gasteiger partial charge is 0.495 e. The Morgan fingerprint density at radius 2 is 1.97 bits per heavy atom. The predicted octanol–water partition coefficient (Wildman–Crippen LogP) is 5.10. The second kappa shape index (κ2) is 11.0. The number of nitrogens with one attached hydrogen (secondary N) is 4. The van der Waals surface area contributed by atoms with Gasteiger partial charge in [-0.1, -0.05) is 6.07 Å². The van der Waals surface area contributed by atoms with Crippen molar-refractivity contribution in [2.75, 3.05) is 30.2 Å². The van der Waals surface area contributed by atoms with Crippen LogP contribution in [0.4, 0.5) is 30.5 Å². The Bertz CT molecular complexity index is 1330. The number of fused-ring (bicyclic) bond motifs is 1. The number of nitrogens with zero attached hydrogens (tertiary/aromatic N) is 2. The number of halogens is 3. The molecule has 38 heavy (non-hydrogen) atoms. The first-order valence-electron chi connectivity index (χ1n) is 11.9. The second-order valence-electron chi connectivity index (χ2n) is 8.72. The van der Waals surface area contributed by atoms with Crippen LogP contribution in [0.3, 0.4) is 0 Å². The number of amides is 1. The van der Waals surface area contributed by atoms with Crippen LogP contribution in [0.5, 0.6) is 17.4 Å². The van der Waals surface area contributed by atoms with Gasteiger partial charge in [0.2, 0.25) is 11.8 Å². The zero-order chi connectivity index (χ0) is 26.7. The van der Waals surface area contributed by atoms with Crippen LogP contribution in [0.1, 0.15) is 34.3 Å². The van der Waals surface area contributed by atoms with Gasteiger partial charge in [0.25, 0.3) is 5.91 Å². The highest BCUT2D eigenvalue weighted by molar-refractivity contribution is 8.00. The summed E-state index contributed by atoms with van der Waals surface area (Å²) in [5.41, 5.74) is 1.20. The van der Waals surface area contributed by atoms with E-state index in [0.717, 1.165) is 37.2 Å². The third-order valence-electron chi connectivity index (χ3n) is 6.18. The SMILES string of the molecule is COc1cc(C(=O)NC2CCNCC2)ccc1Nc1ncc(C(F)(F)F)c(Oc2cccc3c2CSN3)n1. The average Bonchev–Trinajstić information content (AvgIpc) is 3.39. The van der Waals surface area contributed by atoms with Crippen molar-refractivity contribution in [3.63, 3.8) is 0 Å². The third kappa shape index (κ3) is 5.73. The molecule has 0 saturated carbocycles. The summed E-state index contributed by atoms with van der Waals surface area (Å²) in [5, 5.41) is 9.14. The minimum Gasteiger partial charge on any atom is -0.495 e. The first-order valence-corrected chi connectivity index (χ1v) is 12.9. The van der Waals surface area contributed by atoms with E-state index >= 15 is 0 Å². The number of ether oxygens (including phenoxy) is 2. The van der Waals surface area contributed by atoms with E-state index in [-0.39, 0.29) is 23.6 Å². The molecule has 0 unspecified atom stereocenters. The number of methoxy groups -OCH3 is 1. The summed E-state index contributed by atoms with van der Waals surface area (Å²) in [6.07, 6.45) is -2.35. The quantitative estimate of drug-likeness (QED) is 0.301. The van der Waals surface area contributed by atoms with Gasteiger partial charge in [-0.3, -0.25) is 4.79 Å². The van der Waals surface area contributed by atoms with Crippen LogP contribution in [0.15, 0.2) is 42.6 Å². The van der Waals surface area contributed by atoms with E-state index < -0.39 is 17.6 Å². The maximum Gasteiger partial charge on any atom is 0.423 e. The number of hydrogen-bond acceptors (Lipinski definition) is 9. The molecule has 4 N–H and O–H groups in total. The van der Waals surface area contributed by atoms with Crippen LogP contribution in [-0.2, 0) is 11.9 Å². The van der Waals surface area contributed by atoms with Crippen molar-refractivity contribution < 1.29 is 27.4 Å². The Hall–Kier alpha value is -3.71. The van der Waals surface area contributed by atoms with Gasteiger partial charge in [0.05, 0.1) is 18.5 Å². The molecule has 0 radical (unpaired) electrons. The molecule has 1 saturated heterocycles. The number of carbonyl (C=O) groups excluding carboxylic acids is 1. The minimum absolute atomic E-state index is 0.0896. The molecule has 1 aromatic heterocycles. The number of alkyl halides is 3. The molecule has 0 bridgehead atoms. The Morgan fingerprint density at radius 1 is 1.16 bits per heavy atom. The number of hydrogen-bond donors (Lipinski definition) is 4. The van der Waals surface area contributed by atoms with E-state index in [9.17, 15) is 18.0 Å². The molecule has 1 amide bonds. The lowest BCUT2D eigenvalue weighted by Gasteiger charge is -2.23. The molecule has 13 heteroatoms. The van der Waals surface area contributed by atoms with Crippen molar-refractivity contribution in [3.05, 3.63) is 59.3 Å². The van der Waals surface area contributed by atoms with Crippen molar-refractivity contribution in [3.8, 4) is 17.4 Å². The zero-order valence-electron chi connectivity index (χ0n) is 20.3. The average molecular weight is 547 g/mol. The first-order chi connectivity index (χ1) is 18.3. The van der Waals surface area contributed by atoms with E-state index in [2.05, 4.69) is 30.6 Å². The summed E-state index contributed by atoms with van der Waals surface area (Å²) < 4.78 is 55.4. The van der Waals surface area contributed by atoms with Crippen LogP contribution in [0.25, 0.3) is 0 Å². The molecule has 1 fully saturated rings. The molecule has 0 atom stereocenters. The van der Waals surface area contributed by atoms with Crippen LogP contribution in [0, 0.1) is 0 Å². The highest BCUT2D eigenvalue weighted by Crippen LogP contribution is 2.42. The molecular weight excluding hydrogens is 521 g/mol. The Morgan fingerprint density at radius 3 is 2.74 bits per heavy atom. The third-order valence-corrected chi connectivity index (χ3v) is 6.98. The summed E-state index contributed by atoms with van der Waals surface area (Å²) in [7, 11) is 1.43. The smallest absolute Gasteiger partial charge is 0.423 e. The molecule has 0 aliphatic carbocycles. The number of piperidine rings is 1. The molecule has 3 aromatic rings. The maximum atomic E-state index is 13.7. The fourth-order valence-electron chi connectivity index (χ4n) is 4.19. The molecule has 9 nitrogen and oxygen atoms in total. The molecule has 2 aromatic carbocycles. The maximum absolute atomic E-state index is 13.7. The topological polar surface area (TPSA) is 109 Å². The van der Waals surface area contributed by atoms with Gasteiger partial charge in [-0.05, 0) is 68.2 Å². The summed E-state index contributed by atoms with van der Waals surface area (Å²) in [5.74, 6) is 0.134. The van der Waals surface area contributed by atoms with Gasteiger partial charge in [-0.15, -0.1) is 0 Å². The monoisotopic (exact) mass is 546 g/mol. The van der Waals surface area contributed by atoms with Crippen molar-refractivity contribution in [1.82, 2.24) is 20.6 Å². The van der Waals surface area contributed by atoms with Gasteiger partial charge in [0.15, 0.2) is 0 Å². The van der Waals surface area contributed by atoms with Crippen molar-refractivity contribution in [2.45, 2.75) is 30.8 Å². The highest BCUT2D eigenvalue weighted by atomic mass is 32.2. The van der Waals surface area contributed by atoms with E-state index in [1.54, 1.807) is 30.3 Å². The number of benzene rings is 2. The Kier molecular flexibility index (Phi) is 7.47. The summed E-state index contributed by atoms with van der Waals surface area (Å²) in [6.45, 7) is 1.69. The van der Waals surface area contributed by atoms with E-state index in [1.165, 1.54) is 19.1 Å². The summed E-state index contributed by atoms with van der Waals surface area (Å²) >= 11 is 1.42. The lowest BCUT2D eigenvalue weighted by molar-refractivity contribution is -0.139. The number of anilines is 3. The lowest BCUT2D eigenvalue weighted by Crippen LogP contribution is -2.42. The van der Waals surface area contributed by atoms with Crippen LogP contribution >= 0.6 is 11.9 Å². The van der Waals surface area contributed by atoms with Gasteiger partial charge in [0.1, 0.15) is 17.1 Å². The fourth-order valence-corrected chi connectivity index (χ4v) is 5.05. The molecule has 3 heterocycles. The van der Waals surface area contributed by atoms with Crippen LogP contribution < -0.4 is 30.1 Å². The fraction of sp³-hybridized carbons (Fsp3) is 0.320. The highest BCUT2D eigenvalue weighted by Gasteiger charge is 2.37. The van der Waals surface area contributed by atoms with Crippen molar-refractivity contribution in [1.29, 1.82) is 0 Å². The number of rotatable bonds is 7. The van der Waals surface area contributed by atoms with Gasteiger partial charge in [-0.2, -0.15) is 18.2 Å². The van der Waals surface area contributed by atoms with E-state index in [1.807, 2.05) is 6.07 Å². The van der Waals surface area contributed by atoms with E-state index in [0.29, 0.717) is 29.0 Å². The van der Waals surface area contributed by atoms with Crippen LogP contribution in [-0.4, -0.2) is 42.1 Å². The predicted molar refractivity (Wildman–Crippen MR) is 138 cm³/mol. The molecule has 2 aliphatic heterocycles. The molecular formula is C25H25F3N6O3S. The summed E-state index contributed by atoms with van der Waals surface area (Å²) in [4.78, 5) is 20.6. The van der Waals surface area contributed by atoms with Gasteiger partial charge in [-0.25, -0.2) is 4.98 Å². The van der Waals surface area contributed by atoms with Crippen molar-refractivity contribution in [2.24, 2.45) is 0 Å².